The van der Waals surface area contributed by atoms with Gasteiger partial charge in [-0.3, -0.25) is 4.90 Å². The SMILES string of the molecule is CC(C)(C)N(C(=O)O)C(C=O)CNCc1cccc(-n2nc(C(F)(F)F)cc2-c2nnc(-c3ccccc3)o2)c1. The molecule has 0 aliphatic carbocycles. The second-order valence-electron chi connectivity index (χ2n) is 9.93. The van der Waals surface area contributed by atoms with Crippen molar-refractivity contribution in [1.29, 1.82) is 0 Å². The molecule has 0 bridgehead atoms. The molecule has 0 aliphatic heterocycles. The van der Waals surface area contributed by atoms with Crippen molar-refractivity contribution in [2.24, 2.45) is 0 Å². The Hall–Kier alpha value is -4.52. The quantitative estimate of drug-likeness (QED) is 0.275. The normalized spacial score (nSPS) is 12.8. The van der Waals surface area contributed by atoms with E-state index in [-0.39, 0.29) is 30.6 Å². The van der Waals surface area contributed by atoms with Gasteiger partial charge in [0.1, 0.15) is 18.0 Å². The van der Waals surface area contributed by atoms with E-state index in [2.05, 4.69) is 20.6 Å². The molecule has 210 valence electrons. The maximum absolute atomic E-state index is 13.6. The maximum atomic E-state index is 13.6. The molecule has 2 N–H and O–H groups in total. The van der Waals surface area contributed by atoms with Crippen molar-refractivity contribution in [2.75, 3.05) is 6.54 Å². The number of aldehydes is 1. The molecule has 13 heteroatoms. The number of nitrogens with one attached hydrogen (secondary N) is 1. The van der Waals surface area contributed by atoms with E-state index < -0.39 is 29.5 Å². The highest BCUT2D eigenvalue weighted by atomic mass is 19.4. The first-order valence-electron chi connectivity index (χ1n) is 12.2. The fraction of sp³-hybridized carbons (Fsp3) is 0.296. The Labute approximate surface area is 227 Å². The van der Waals surface area contributed by atoms with Crippen molar-refractivity contribution in [3.63, 3.8) is 0 Å². The van der Waals surface area contributed by atoms with Gasteiger partial charge < -0.3 is 19.6 Å². The lowest BCUT2D eigenvalue weighted by atomic mass is 10.0. The van der Waals surface area contributed by atoms with Crippen molar-refractivity contribution in [3.05, 3.63) is 71.9 Å². The van der Waals surface area contributed by atoms with Crippen molar-refractivity contribution in [3.8, 4) is 28.7 Å². The lowest BCUT2D eigenvalue weighted by Crippen LogP contribution is -2.55. The molecular weight excluding hydrogens is 529 g/mol. The smallest absolute Gasteiger partial charge is 0.435 e. The summed E-state index contributed by atoms with van der Waals surface area (Å²) in [4.78, 5) is 24.4. The van der Waals surface area contributed by atoms with Gasteiger partial charge in [-0.1, -0.05) is 30.3 Å². The molecule has 2 aromatic heterocycles. The number of hydrogen-bond acceptors (Lipinski definition) is 7. The first-order chi connectivity index (χ1) is 18.9. The van der Waals surface area contributed by atoms with Crippen LogP contribution >= 0.6 is 0 Å². The summed E-state index contributed by atoms with van der Waals surface area (Å²) in [5, 5.41) is 24.3. The van der Waals surface area contributed by atoms with Gasteiger partial charge in [0.05, 0.1) is 5.69 Å². The Morgan fingerprint density at radius 2 is 1.77 bits per heavy atom. The number of hydrogen-bond donors (Lipinski definition) is 2. The van der Waals surface area contributed by atoms with E-state index in [0.29, 0.717) is 23.1 Å². The number of carbonyl (C=O) groups excluding carboxylic acids is 1. The van der Waals surface area contributed by atoms with E-state index in [4.69, 9.17) is 4.42 Å². The lowest BCUT2D eigenvalue weighted by Gasteiger charge is -2.37. The molecule has 4 aromatic rings. The fourth-order valence-corrected chi connectivity index (χ4v) is 4.18. The number of benzene rings is 2. The number of alkyl halides is 3. The molecular formula is C27H27F3N6O4. The van der Waals surface area contributed by atoms with Crippen LogP contribution in [0.3, 0.4) is 0 Å². The first kappa shape index (κ1) is 28.5. The molecule has 0 spiro atoms. The summed E-state index contributed by atoms with van der Waals surface area (Å²) >= 11 is 0. The van der Waals surface area contributed by atoms with Crippen molar-refractivity contribution in [1.82, 2.24) is 30.2 Å². The zero-order chi connectivity index (χ0) is 29.1. The van der Waals surface area contributed by atoms with Crippen LogP contribution in [0.15, 0.2) is 65.1 Å². The van der Waals surface area contributed by atoms with E-state index >= 15 is 0 Å². The number of nitrogens with zero attached hydrogens (tertiary/aromatic N) is 5. The summed E-state index contributed by atoms with van der Waals surface area (Å²) in [5.74, 6) is 0.000371. The molecule has 1 amide bonds. The summed E-state index contributed by atoms with van der Waals surface area (Å²) in [6.07, 6.45) is -5.38. The van der Waals surface area contributed by atoms with Gasteiger partial charge in [0, 0.05) is 30.3 Å². The van der Waals surface area contributed by atoms with E-state index in [1.165, 1.54) is 0 Å². The summed E-state index contributed by atoms with van der Waals surface area (Å²) in [7, 11) is 0. The summed E-state index contributed by atoms with van der Waals surface area (Å²) < 4.78 is 47.6. The Balaban J connectivity index is 1.60. The van der Waals surface area contributed by atoms with Crippen LogP contribution in [-0.4, -0.2) is 60.5 Å². The van der Waals surface area contributed by atoms with Crippen molar-refractivity contribution in [2.45, 2.75) is 45.1 Å². The predicted molar refractivity (Wildman–Crippen MR) is 138 cm³/mol. The zero-order valence-electron chi connectivity index (χ0n) is 21.9. The molecule has 0 aliphatic rings. The average molecular weight is 557 g/mol. The second kappa shape index (κ2) is 11.3. The fourth-order valence-electron chi connectivity index (χ4n) is 4.18. The molecule has 4 rings (SSSR count). The molecule has 0 saturated carbocycles. The maximum Gasteiger partial charge on any atom is 0.435 e. The summed E-state index contributed by atoms with van der Waals surface area (Å²) in [5.41, 5.74) is -0.409. The Morgan fingerprint density at radius 3 is 2.40 bits per heavy atom. The summed E-state index contributed by atoms with van der Waals surface area (Å²) in [6.45, 7) is 5.29. The Morgan fingerprint density at radius 1 is 1.07 bits per heavy atom. The number of carboxylic acid groups (broad SMARTS) is 1. The molecule has 2 heterocycles. The molecule has 0 fully saturated rings. The second-order valence-corrected chi connectivity index (χ2v) is 9.93. The molecule has 2 aromatic carbocycles. The van der Waals surface area contributed by atoms with Crippen LogP contribution in [0.25, 0.3) is 28.7 Å². The lowest BCUT2D eigenvalue weighted by molar-refractivity contribution is -0.141. The minimum Gasteiger partial charge on any atom is -0.465 e. The van der Waals surface area contributed by atoms with Gasteiger partial charge in [0.2, 0.25) is 5.89 Å². The Bertz CT molecular complexity index is 1480. The first-order valence-corrected chi connectivity index (χ1v) is 12.2. The van der Waals surface area contributed by atoms with Crippen molar-refractivity contribution >= 4 is 12.4 Å². The van der Waals surface area contributed by atoms with Crippen LogP contribution in [0.1, 0.15) is 32.0 Å². The van der Waals surface area contributed by atoms with E-state index in [1.54, 1.807) is 75.4 Å². The number of rotatable bonds is 9. The van der Waals surface area contributed by atoms with E-state index in [0.717, 1.165) is 15.6 Å². The minimum atomic E-state index is -4.71. The van der Waals surface area contributed by atoms with E-state index in [9.17, 15) is 27.9 Å². The summed E-state index contributed by atoms with van der Waals surface area (Å²) in [6, 6.07) is 15.3. The highest BCUT2D eigenvalue weighted by Gasteiger charge is 2.36. The minimum absolute atomic E-state index is 0.0345. The molecule has 1 unspecified atom stereocenters. The largest absolute Gasteiger partial charge is 0.465 e. The van der Waals surface area contributed by atoms with Crippen LogP contribution in [0, 0.1) is 0 Å². The molecule has 0 saturated heterocycles. The van der Waals surface area contributed by atoms with Crippen molar-refractivity contribution < 1.29 is 32.3 Å². The van der Waals surface area contributed by atoms with Crippen LogP contribution in [0.5, 0.6) is 0 Å². The van der Waals surface area contributed by atoms with Gasteiger partial charge in [-0.2, -0.15) is 18.3 Å². The Kier molecular flexibility index (Phi) is 8.05. The molecule has 1 atom stereocenters. The number of aromatic nitrogens is 4. The average Bonchev–Trinajstić information content (AvgIpc) is 3.55. The van der Waals surface area contributed by atoms with Gasteiger partial charge >= 0.3 is 12.3 Å². The molecule has 40 heavy (non-hydrogen) atoms. The zero-order valence-corrected chi connectivity index (χ0v) is 21.9. The predicted octanol–water partition coefficient (Wildman–Crippen LogP) is 5.04. The number of halogens is 3. The van der Waals surface area contributed by atoms with E-state index in [1.807, 2.05) is 0 Å². The molecule has 0 radical (unpaired) electrons. The van der Waals surface area contributed by atoms with Gasteiger partial charge in [0.15, 0.2) is 5.69 Å². The standard InChI is InChI=1S/C27H27F3N6O4/c1-26(2,3)35(25(38)39)20(16-37)15-31-14-17-8-7-11-19(12-17)36-21(13-22(34-36)27(28,29)30)24-33-32-23(40-24)18-9-5-4-6-10-18/h4-13,16,20,31H,14-15H2,1-3H3,(H,38,39). The number of carbonyl (C=O) groups is 2. The third kappa shape index (κ3) is 6.37. The number of amides is 1. The van der Waals surface area contributed by atoms with Crippen LogP contribution in [0.4, 0.5) is 18.0 Å². The third-order valence-corrected chi connectivity index (χ3v) is 5.92. The third-order valence-electron chi connectivity index (χ3n) is 5.92. The highest BCUT2D eigenvalue weighted by molar-refractivity contribution is 5.73. The monoisotopic (exact) mass is 556 g/mol. The van der Waals surface area contributed by atoms with Crippen LogP contribution in [0.2, 0.25) is 0 Å². The van der Waals surface area contributed by atoms with Gasteiger partial charge in [-0.25, -0.2) is 9.48 Å². The topological polar surface area (TPSA) is 126 Å². The van der Waals surface area contributed by atoms with Gasteiger partial charge in [0.25, 0.3) is 5.89 Å². The highest BCUT2D eigenvalue weighted by Crippen LogP contribution is 2.33. The van der Waals surface area contributed by atoms with Crippen LogP contribution < -0.4 is 5.32 Å². The van der Waals surface area contributed by atoms with Crippen LogP contribution in [-0.2, 0) is 17.5 Å². The molecule has 10 nitrogen and oxygen atoms in total. The van der Waals surface area contributed by atoms with Gasteiger partial charge in [-0.05, 0) is 50.6 Å². The van der Waals surface area contributed by atoms with Gasteiger partial charge in [-0.15, -0.1) is 10.2 Å².